The highest BCUT2D eigenvalue weighted by molar-refractivity contribution is 14.1. The van der Waals surface area contributed by atoms with Gasteiger partial charge >= 0.3 is 0 Å². The number of H-pyrrole nitrogens is 1. The quantitative estimate of drug-likeness (QED) is 0.416. The Morgan fingerprint density at radius 2 is 2.05 bits per heavy atom. The van der Waals surface area contributed by atoms with Crippen LogP contribution in [0.1, 0.15) is 0 Å². The number of aromatic nitrogens is 5. The van der Waals surface area contributed by atoms with Crippen LogP contribution in [0.2, 0.25) is 5.15 Å². The molecule has 3 rings (SSSR count). The highest BCUT2D eigenvalue weighted by Gasteiger charge is 2.12. The van der Waals surface area contributed by atoms with Gasteiger partial charge in [-0.15, -0.1) is 0 Å². The van der Waals surface area contributed by atoms with Gasteiger partial charge in [0.1, 0.15) is 11.2 Å². The van der Waals surface area contributed by atoms with Crippen LogP contribution >= 0.6 is 34.2 Å². The standard InChI is InChI=1S/C11H7ClIN5O/c1-19-6-4-2-3-5(14-6)9-15-7-8(12)16-11(13)18-10(7)17-9/h2-4H,1H3,(H,15,16,17,18). The molecule has 0 fully saturated rings. The molecule has 19 heavy (non-hydrogen) atoms. The summed E-state index contributed by atoms with van der Waals surface area (Å²) in [5, 5.41) is 0.344. The smallest absolute Gasteiger partial charge is 0.213 e. The first-order valence-electron chi connectivity index (χ1n) is 5.27. The van der Waals surface area contributed by atoms with Gasteiger partial charge in [-0.05, 0) is 6.07 Å². The van der Waals surface area contributed by atoms with E-state index >= 15 is 0 Å². The van der Waals surface area contributed by atoms with Gasteiger partial charge in [-0.2, -0.15) is 0 Å². The molecule has 0 bridgehead atoms. The molecule has 0 aliphatic carbocycles. The largest absolute Gasteiger partial charge is 0.481 e. The number of nitrogens with one attached hydrogen (secondary N) is 1. The van der Waals surface area contributed by atoms with Crippen molar-refractivity contribution in [3.05, 3.63) is 27.2 Å². The third kappa shape index (κ3) is 2.35. The van der Waals surface area contributed by atoms with E-state index in [0.29, 0.717) is 37.5 Å². The minimum Gasteiger partial charge on any atom is -0.481 e. The van der Waals surface area contributed by atoms with Gasteiger partial charge in [-0.3, -0.25) is 0 Å². The van der Waals surface area contributed by atoms with Crippen LogP contribution in [-0.4, -0.2) is 32.0 Å². The third-order valence-corrected chi connectivity index (χ3v) is 3.21. The monoisotopic (exact) mass is 387 g/mol. The molecule has 8 heteroatoms. The molecule has 1 N–H and O–H groups in total. The van der Waals surface area contributed by atoms with E-state index in [1.165, 1.54) is 0 Å². The van der Waals surface area contributed by atoms with Crippen LogP contribution in [0.4, 0.5) is 0 Å². The fourth-order valence-corrected chi connectivity index (χ4v) is 2.44. The van der Waals surface area contributed by atoms with Gasteiger partial charge in [0, 0.05) is 28.7 Å². The van der Waals surface area contributed by atoms with Gasteiger partial charge in [-0.1, -0.05) is 17.7 Å². The molecule has 0 aliphatic rings. The lowest BCUT2D eigenvalue weighted by Gasteiger charge is -1.99. The van der Waals surface area contributed by atoms with Crippen molar-refractivity contribution in [1.29, 1.82) is 0 Å². The minimum atomic E-state index is 0.344. The average molecular weight is 388 g/mol. The third-order valence-electron chi connectivity index (χ3n) is 2.45. The second kappa shape index (κ2) is 4.89. The van der Waals surface area contributed by atoms with Crippen LogP contribution in [-0.2, 0) is 0 Å². The molecule has 0 aliphatic heterocycles. The molecule has 0 saturated heterocycles. The summed E-state index contributed by atoms with van der Waals surface area (Å²) in [4.78, 5) is 20.0. The predicted octanol–water partition coefficient (Wildman–Crippen LogP) is 2.68. The van der Waals surface area contributed by atoms with E-state index in [1.807, 2.05) is 34.7 Å². The maximum Gasteiger partial charge on any atom is 0.213 e. The van der Waals surface area contributed by atoms with Crippen LogP contribution < -0.4 is 4.74 Å². The predicted molar refractivity (Wildman–Crippen MR) is 79.2 cm³/mol. The van der Waals surface area contributed by atoms with Crippen LogP contribution in [0.5, 0.6) is 5.88 Å². The Labute approximate surface area is 126 Å². The van der Waals surface area contributed by atoms with E-state index in [4.69, 9.17) is 16.3 Å². The van der Waals surface area contributed by atoms with Gasteiger partial charge < -0.3 is 9.72 Å². The molecule has 96 valence electrons. The van der Waals surface area contributed by atoms with Gasteiger partial charge in [0.15, 0.2) is 20.5 Å². The normalized spacial score (nSPS) is 10.9. The second-order valence-electron chi connectivity index (χ2n) is 3.63. The van der Waals surface area contributed by atoms with E-state index in [0.717, 1.165) is 0 Å². The second-order valence-corrected chi connectivity index (χ2v) is 4.96. The number of methoxy groups -OCH3 is 1. The molecule has 0 aromatic carbocycles. The Bertz CT molecular complexity index is 760. The SMILES string of the molecule is COc1cccc(-c2nc3nc(I)nc(Cl)c3[nH]2)n1. The minimum absolute atomic E-state index is 0.344. The number of halogens is 2. The number of pyridine rings is 1. The summed E-state index contributed by atoms with van der Waals surface area (Å²) in [5.74, 6) is 1.09. The average Bonchev–Trinajstić information content (AvgIpc) is 2.83. The summed E-state index contributed by atoms with van der Waals surface area (Å²) >= 11 is 8.04. The number of ether oxygens (including phenoxy) is 1. The Kier molecular flexibility index (Phi) is 3.23. The number of fused-ring (bicyclic) bond motifs is 1. The Hall–Kier alpha value is -1.48. The number of rotatable bonds is 2. The highest BCUT2D eigenvalue weighted by Crippen LogP contribution is 2.23. The topological polar surface area (TPSA) is 76.6 Å². The highest BCUT2D eigenvalue weighted by atomic mass is 127. The molecular weight excluding hydrogens is 381 g/mol. The molecule has 6 nitrogen and oxygen atoms in total. The van der Waals surface area contributed by atoms with Crippen LogP contribution in [0.25, 0.3) is 22.7 Å². The van der Waals surface area contributed by atoms with Crippen molar-refractivity contribution in [2.45, 2.75) is 0 Å². The Morgan fingerprint density at radius 3 is 2.84 bits per heavy atom. The Balaban J connectivity index is 2.17. The molecule has 0 spiro atoms. The van der Waals surface area contributed by atoms with E-state index in [-0.39, 0.29) is 0 Å². The first kappa shape index (κ1) is 12.5. The molecule has 3 aromatic heterocycles. The zero-order valence-corrected chi connectivity index (χ0v) is 12.6. The lowest BCUT2D eigenvalue weighted by Crippen LogP contribution is -1.90. The maximum absolute atomic E-state index is 6.05. The number of nitrogens with zero attached hydrogens (tertiary/aromatic N) is 4. The van der Waals surface area contributed by atoms with Crippen molar-refractivity contribution < 1.29 is 4.74 Å². The zero-order valence-electron chi connectivity index (χ0n) is 9.69. The van der Waals surface area contributed by atoms with E-state index < -0.39 is 0 Å². The number of imidazole rings is 1. The van der Waals surface area contributed by atoms with Crippen molar-refractivity contribution in [2.24, 2.45) is 0 Å². The summed E-state index contributed by atoms with van der Waals surface area (Å²) in [5.41, 5.74) is 1.77. The van der Waals surface area contributed by atoms with Gasteiger partial charge in [0.05, 0.1) is 7.11 Å². The first-order valence-corrected chi connectivity index (χ1v) is 6.73. The lowest BCUT2D eigenvalue weighted by atomic mass is 10.3. The molecule has 0 amide bonds. The lowest BCUT2D eigenvalue weighted by molar-refractivity contribution is 0.398. The van der Waals surface area contributed by atoms with Crippen LogP contribution in [0.3, 0.4) is 0 Å². The summed E-state index contributed by atoms with van der Waals surface area (Å²) < 4.78 is 5.63. The summed E-state index contributed by atoms with van der Waals surface area (Å²) in [6.45, 7) is 0. The van der Waals surface area contributed by atoms with Crippen molar-refractivity contribution in [2.75, 3.05) is 7.11 Å². The molecule has 3 aromatic rings. The molecule has 0 unspecified atom stereocenters. The van der Waals surface area contributed by atoms with Gasteiger partial charge in [0.25, 0.3) is 0 Å². The van der Waals surface area contributed by atoms with E-state index in [9.17, 15) is 0 Å². The maximum atomic E-state index is 6.05. The number of hydrogen-bond acceptors (Lipinski definition) is 5. The fraction of sp³-hybridized carbons (Fsp3) is 0.0909. The Morgan fingerprint density at radius 1 is 1.21 bits per heavy atom. The van der Waals surface area contributed by atoms with Crippen LogP contribution in [0.15, 0.2) is 18.2 Å². The van der Waals surface area contributed by atoms with Crippen molar-refractivity contribution in [3.63, 3.8) is 0 Å². The summed E-state index contributed by atoms with van der Waals surface area (Å²) in [7, 11) is 1.56. The van der Waals surface area contributed by atoms with E-state index in [2.05, 4.69) is 24.9 Å². The van der Waals surface area contributed by atoms with Gasteiger partial charge in [0.2, 0.25) is 5.88 Å². The van der Waals surface area contributed by atoms with Crippen molar-refractivity contribution in [1.82, 2.24) is 24.9 Å². The first-order chi connectivity index (χ1) is 9.17. The van der Waals surface area contributed by atoms with E-state index in [1.54, 1.807) is 13.2 Å². The summed E-state index contributed by atoms with van der Waals surface area (Å²) in [6, 6.07) is 5.43. The number of aromatic amines is 1. The molecule has 3 heterocycles. The van der Waals surface area contributed by atoms with Crippen LogP contribution in [0, 0.1) is 3.83 Å². The zero-order chi connectivity index (χ0) is 13.4. The van der Waals surface area contributed by atoms with Crippen molar-refractivity contribution >= 4 is 45.4 Å². The molecule has 0 saturated carbocycles. The fourth-order valence-electron chi connectivity index (χ4n) is 1.62. The van der Waals surface area contributed by atoms with Gasteiger partial charge in [-0.25, -0.2) is 19.9 Å². The molecular formula is C11H7ClIN5O. The summed E-state index contributed by atoms with van der Waals surface area (Å²) in [6.07, 6.45) is 0. The van der Waals surface area contributed by atoms with Crippen molar-refractivity contribution in [3.8, 4) is 17.4 Å². The number of hydrogen-bond donors (Lipinski definition) is 1. The molecule has 0 radical (unpaired) electrons. The molecule has 0 atom stereocenters.